The van der Waals surface area contributed by atoms with Gasteiger partial charge in [-0.2, -0.15) is 0 Å². The van der Waals surface area contributed by atoms with Gasteiger partial charge >= 0.3 is 0 Å². The van der Waals surface area contributed by atoms with Crippen molar-refractivity contribution in [2.24, 2.45) is 17.8 Å². The van der Waals surface area contributed by atoms with Gasteiger partial charge in [0.15, 0.2) is 0 Å². The summed E-state index contributed by atoms with van der Waals surface area (Å²) in [7, 11) is 0. The zero-order valence-electron chi connectivity index (χ0n) is 10.8. The molecule has 0 aromatic carbocycles. The molecule has 3 aliphatic rings. The van der Waals surface area contributed by atoms with Gasteiger partial charge in [-0.3, -0.25) is 4.90 Å². The molecule has 0 bridgehead atoms. The normalized spacial score (nSPS) is 42.2. The molecule has 3 atom stereocenters. The van der Waals surface area contributed by atoms with Crippen LogP contribution in [-0.4, -0.2) is 24.0 Å². The second-order valence-corrected chi connectivity index (χ2v) is 6.59. The first kappa shape index (κ1) is 11.1. The summed E-state index contributed by atoms with van der Waals surface area (Å²) in [4.78, 5) is 2.87. The number of rotatable bonds is 1. The van der Waals surface area contributed by atoms with Gasteiger partial charge in [-0.15, -0.1) is 0 Å². The van der Waals surface area contributed by atoms with Crippen LogP contribution in [0.2, 0.25) is 0 Å². The molecule has 1 saturated heterocycles. The molecule has 1 aliphatic heterocycles. The van der Waals surface area contributed by atoms with Crippen molar-refractivity contribution in [2.45, 2.75) is 64.3 Å². The Balaban J connectivity index is 1.57. The Morgan fingerprint density at radius 3 is 2.25 bits per heavy atom. The largest absolute Gasteiger partial charge is 0.300 e. The quantitative estimate of drug-likeness (QED) is 0.653. The van der Waals surface area contributed by atoms with Crippen molar-refractivity contribution in [3.63, 3.8) is 0 Å². The minimum atomic E-state index is 0.948. The monoisotopic (exact) mass is 221 g/mol. The smallest absolute Gasteiger partial charge is 0.00954 e. The van der Waals surface area contributed by atoms with Gasteiger partial charge in [0.25, 0.3) is 0 Å². The van der Waals surface area contributed by atoms with Crippen molar-refractivity contribution >= 4 is 0 Å². The number of piperidine rings is 1. The van der Waals surface area contributed by atoms with Crippen LogP contribution in [0.5, 0.6) is 0 Å². The molecule has 0 N–H and O–H groups in total. The van der Waals surface area contributed by atoms with Gasteiger partial charge < -0.3 is 0 Å². The molecular formula is C15H27N. The molecule has 1 heteroatoms. The van der Waals surface area contributed by atoms with E-state index >= 15 is 0 Å². The number of hydrogen-bond donors (Lipinski definition) is 0. The molecule has 0 spiro atoms. The van der Waals surface area contributed by atoms with E-state index in [4.69, 9.17) is 0 Å². The molecule has 16 heavy (non-hydrogen) atoms. The van der Waals surface area contributed by atoms with E-state index in [-0.39, 0.29) is 0 Å². The van der Waals surface area contributed by atoms with E-state index in [1.54, 1.807) is 6.42 Å². The second-order valence-electron chi connectivity index (χ2n) is 6.59. The van der Waals surface area contributed by atoms with Gasteiger partial charge in [0.1, 0.15) is 0 Å². The van der Waals surface area contributed by atoms with Gasteiger partial charge in [0, 0.05) is 19.1 Å². The Hall–Kier alpha value is -0.0400. The zero-order chi connectivity index (χ0) is 11.0. The van der Waals surface area contributed by atoms with Crippen LogP contribution < -0.4 is 0 Å². The third-order valence-electron chi connectivity index (χ3n) is 5.29. The number of nitrogens with zero attached hydrogens (tertiary/aromatic N) is 1. The van der Waals surface area contributed by atoms with E-state index in [1.807, 2.05) is 0 Å². The standard InChI is InChI=1S/C15H27N/c1-12-10-16(11-13-9-15(12)13)14-7-5-3-2-4-6-8-14/h12-15H,2-11H2,1H3/t12?,13?,15-/m1/s1. The van der Waals surface area contributed by atoms with Crippen LogP contribution in [0.25, 0.3) is 0 Å². The van der Waals surface area contributed by atoms with E-state index in [0.717, 1.165) is 23.8 Å². The van der Waals surface area contributed by atoms with Crippen LogP contribution in [0.3, 0.4) is 0 Å². The van der Waals surface area contributed by atoms with Crippen molar-refractivity contribution in [1.82, 2.24) is 4.90 Å². The van der Waals surface area contributed by atoms with E-state index in [0.29, 0.717) is 0 Å². The maximum Gasteiger partial charge on any atom is 0.00954 e. The van der Waals surface area contributed by atoms with Gasteiger partial charge in [-0.25, -0.2) is 0 Å². The van der Waals surface area contributed by atoms with Crippen molar-refractivity contribution in [3.8, 4) is 0 Å². The number of likely N-dealkylation sites (tertiary alicyclic amines) is 1. The summed E-state index contributed by atoms with van der Waals surface area (Å²) in [6, 6.07) is 0.948. The Morgan fingerprint density at radius 1 is 0.875 bits per heavy atom. The second kappa shape index (κ2) is 4.68. The molecule has 92 valence electrons. The molecule has 3 fully saturated rings. The minimum Gasteiger partial charge on any atom is -0.300 e. The zero-order valence-corrected chi connectivity index (χ0v) is 10.8. The van der Waals surface area contributed by atoms with Crippen LogP contribution >= 0.6 is 0 Å². The first-order chi connectivity index (χ1) is 7.84. The fourth-order valence-electron chi connectivity index (χ4n) is 4.16. The lowest BCUT2D eigenvalue weighted by Gasteiger charge is -2.38. The lowest BCUT2D eigenvalue weighted by molar-refractivity contribution is 0.104. The summed E-state index contributed by atoms with van der Waals surface area (Å²) in [5.41, 5.74) is 0. The van der Waals surface area contributed by atoms with Gasteiger partial charge in [0.2, 0.25) is 0 Å². The predicted molar refractivity (Wildman–Crippen MR) is 68.4 cm³/mol. The van der Waals surface area contributed by atoms with E-state index in [9.17, 15) is 0 Å². The maximum absolute atomic E-state index is 2.87. The highest BCUT2D eigenvalue weighted by Crippen LogP contribution is 2.48. The molecule has 2 unspecified atom stereocenters. The average Bonchev–Trinajstić information content (AvgIpc) is 2.96. The van der Waals surface area contributed by atoms with Gasteiger partial charge in [0.05, 0.1) is 0 Å². The third-order valence-corrected chi connectivity index (χ3v) is 5.29. The molecule has 3 rings (SSSR count). The lowest BCUT2D eigenvalue weighted by atomic mass is 9.92. The summed E-state index contributed by atoms with van der Waals surface area (Å²) >= 11 is 0. The Bertz CT molecular complexity index is 230. The fourth-order valence-corrected chi connectivity index (χ4v) is 4.16. The minimum absolute atomic E-state index is 0.948. The van der Waals surface area contributed by atoms with Crippen molar-refractivity contribution in [3.05, 3.63) is 0 Å². The SMILES string of the molecule is CC1CN(C2CCCCCCC2)CC2C[C@H]12. The Kier molecular flexibility index (Phi) is 3.24. The molecular weight excluding hydrogens is 194 g/mol. The molecule has 1 heterocycles. The summed E-state index contributed by atoms with van der Waals surface area (Å²) in [6.45, 7) is 5.34. The lowest BCUT2D eigenvalue weighted by Crippen LogP contribution is -2.43. The molecule has 0 aromatic rings. The highest BCUT2D eigenvalue weighted by Gasteiger charge is 2.46. The van der Waals surface area contributed by atoms with E-state index < -0.39 is 0 Å². The van der Waals surface area contributed by atoms with Crippen LogP contribution in [0.15, 0.2) is 0 Å². The highest BCUT2D eigenvalue weighted by molar-refractivity contribution is 4.98. The van der Waals surface area contributed by atoms with Crippen molar-refractivity contribution < 1.29 is 0 Å². The predicted octanol–water partition coefficient (Wildman–Crippen LogP) is 3.69. The fraction of sp³-hybridized carbons (Fsp3) is 1.00. The topological polar surface area (TPSA) is 3.24 Å². The van der Waals surface area contributed by atoms with Crippen molar-refractivity contribution in [2.75, 3.05) is 13.1 Å². The van der Waals surface area contributed by atoms with E-state index in [1.165, 1.54) is 58.0 Å². The summed E-state index contributed by atoms with van der Waals surface area (Å²) in [6.07, 6.45) is 12.0. The number of hydrogen-bond acceptors (Lipinski definition) is 1. The van der Waals surface area contributed by atoms with Gasteiger partial charge in [-0.05, 0) is 37.0 Å². The summed E-state index contributed by atoms with van der Waals surface area (Å²) in [5.74, 6) is 3.20. The molecule has 2 aliphatic carbocycles. The Morgan fingerprint density at radius 2 is 1.56 bits per heavy atom. The number of fused-ring (bicyclic) bond motifs is 1. The Labute approximate surface area is 101 Å². The molecule has 0 radical (unpaired) electrons. The molecule has 2 saturated carbocycles. The summed E-state index contributed by atoms with van der Waals surface area (Å²) in [5, 5.41) is 0. The highest BCUT2D eigenvalue weighted by atomic mass is 15.2. The van der Waals surface area contributed by atoms with Crippen LogP contribution in [-0.2, 0) is 0 Å². The van der Waals surface area contributed by atoms with Crippen LogP contribution in [0.4, 0.5) is 0 Å². The summed E-state index contributed by atoms with van der Waals surface area (Å²) < 4.78 is 0. The first-order valence-corrected chi connectivity index (χ1v) is 7.58. The van der Waals surface area contributed by atoms with E-state index in [2.05, 4.69) is 11.8 Å². The van der Waals surface area contributed by atoms with Crippen LogP contribution in [0.1, 0.15) is 58.3 Å². The molecule has 0 amide bonds. The molecule has 0 aromatic heterocycles. The average molecular weight is 221 g/mol. The first-order valence-electron chi connectivity index (χ1n) is 7.58. The third kappa shape index (κ3) is 2.30. The molecule has 1 nitrogen and oxygen atoms in total. The van der Waals surface area contributed by atoms with Gasteiger partial charge in [-0.1, -0.05) is 39.0 Å². The van der Waals surface area contributed by atoms with Crippen LogP contribution in [0, 0.1) is 17.8 Å². The van der Waals surface area contributed by atoms with Crippen molar-refractivity contribution in [1.29, 1.82) is 0 Å². The maximum atomic E-state index is 2.87.